The van der Waals surface area contributed by atoms with Gasteiger partial charge in [0.05, 0.1) is 0 Å². The quantitative estimate of drug-likeness (QED) is 0.278. The Kier molecular flexibility index (Phi) is 6.41. The van der Waals surface area contributed by atoms with Gasteiger partial charge in [0, 0.05) is 0 Å². The molecule has 0 radical (unpaired) electrons. The first-order valence-corrected chi connectivity index (χ1v) is 14.0. The van der Waals surface area contributed by atoms with E-state index < -0.39 is 12.8 Å². The Hall–Kier alpha value is -4.20. The first-order valence-electron chi connectivity index (χ1n) is 11.8. The summed E-state index contributed by atoms with van der Waals surface area (Å²) in [4.78, 5) is 14.1. The number of benzene rings is 5. The molecule has 0 heterocycles. The molecule has 0 unspecified atom stereocenters. The number of carbonyl (C=O) groups excluding carboxylic acids is 1. The van der Waals surface area contributed by atoms with Crippen molar-refractivity contribution < 1.29 is 14.1 Å². The zero-order chi connectivity index (χ0) is 24.9. The van der Waals surface area contributed by atoms with Gasteiger partial charge in [0.1, 0.15) is 0 Å². The summed E-state index contributed by atoms with van der Waals surface area (Å²) in [5, 5.41) is 3.57. The molecule has 5 rings (SSSR count). The van der Waals surface area contributed by atoms with E-state index in [9.17, 15) is 4.79 Å². The Balaban J connectivity index is 2.03. The van der Waals surface area contributed by atoms with Gasteiger partial charge in [-0.2, -0.15) is 0 Å². The van der Waals surface area contributed by atoms with Gasteiger partial charge in [-0.1, -0.05) is 0 Å². The van der Waals surface area contributed by atoms with Crippen LogP contribution in [0.1, 0.15) is 10.4 Å². The molecule has 36 heavy (non-hydrogen) atoms. The van der Waals surface area contributed by atoms with Crippen LogP contribution in [0.2, 0.25) is 0 Å². The third-order valence-corrected chi connectivity index (χ3v) is 12.2. The normalized spacial score (nSPS) is 12.2. The summed E-state index contributed by atoms with van der Waals surface area (Å²) < 4.78 is 13.1. The monoisotopic (exact) mass is 490 g/mol. The summed E-state index contributed by atoms with van der Waals surface area (Å²) in [6.07, 6.45) is 0. The fourth-order valence-corrected chi connectivity index (χ4v) is 10.7. The second kappa shape index (κ2) is 9.81. The fourth-order valence-electron chi connectivity index (χ4n) is 4.98. The Bertz CT molecular complexity index is 1350. The van der Waals surface area contributed by atoms with Crippen LogP contribution in [0.5, 0.6) is 5.75 Å². The van der Waals surface area contributed by atoms with Gasteiger partial charge in [-0.15, -0.1) is 0 Å². The van der Waals surface area contributed by atoms with Crippen molar-refractivity contribution in [1.29, 1.82) is 0 Å². The molecule has 0 fully saturated rings. The molecule has 5 aromatic rings. The molecule has 0 spiro atoms. The maximum atomic E-state index is 14.1. The van der Waals surface area contributed by atoms with Crippen LogP contribution in [0.15, 0.2) is 146 Å². The van der Waals surface area contributed by atoms with Gasteiger partial charge in [-0.3, -0.25) is 0 Å². The van der Waals surface area contributed by atoms with Crippen LogP contribution in [0, 0.1) is 0 Å². The molecule has 0 amide bonds. The molecular weight excluding hydrogens is 463 g/mol. The molecule has 0 saturated carbocycles. The van der Waals surface area contributed by atoms with Crippen molar-refractivity contribution in [3.8, 4) is 5.75 Å². The topological polar surface area (TPSA) is 35.5 Å². The average molecular weight is 491 g/mol. The average Bonchev–Trinajstić information content (AvgIpc) is 2.98. The van der Waals surface area contributed by atoms with Crippen LogP contribution in [0.25, 0.3) is 0 Å². The third-order valence-electron chi connectivity index (χ3n) is 6.57. The van der Waals surface area contributed by atoms with Crippen molar-refractivity contribution in [2.75, 3.05) is 7.11 Å². The molecule has 0 saturated heterocycles. The summed E-state index contributed by atoms with van der Waals surface area (Å²) in [5.74, 6) is 0.267. The van der Waals surface area contributed by atoms with Crippen LogP contribution >= 0.6 is 6.83 Å². The number of rotatable bonds is 7. The number of para-hydroxylation sites is 1. The van der Waals surface area contributed by atoms with Crippen LogP contribution in [0.3, 0.4) is 0 Å². The van der Waals surface area contributed by atoms with E-state index in [2.05, 4.69) is 36.4 Å². The molecule has 0 aliphatic heterocycles. The van der Waals surface area contributed by atoms with E-state index in [1.807, 2.05) is 97.1 Å². The predicted octanol–water partition coefficient (Wildman–Crippen LogP) is 5.62. The van der Waals surface area contributed by atoms with Crippen molar-refractivity contribution in [2.45, 2.75) is 0 Å². The van der Waals surface area contributed by atoms with Crippen molar-refractivity contribution in [3.63, 3.8) is 0 Å². The summed E-state index contributed by atoms with van der Waals surface area (Å²) in [5.41, 5.74) is 0.490. The SMILES string of the molecule is COc1ccccc1P(OC(=O)c1ccccc1)(c1ccccc1)(c1ccccc1)c1ccccc1. The van der Waals surface area contributed by atoms with Crippen molar-refractivity contribution in [3.05, 3.63) is 151 Å². The number of ether oxygens (including phenoxy) is 1. The molecule has 178 valence electrons. The van der Waals surface area contributed by atoms with Gasteiger partial charge in [-0.25, -0.2) is 0 Å². The molecule has 4 heteroatoms. The first-order chi connectivity index (χ1) is 17.7. The molecule has 0 atom stereocenters. The van der Waals surface area contributed by atoms with Crippen molar-refractivity contribution in [2.24, 2.45) is 0 Å². The Morgan fingerprint density at radius 1 is 0.528 bits per heavy atom. The van der Waals surface area contributed by atoms with E-state index in [1.165, 1.54) is 0 Å². The molecule has 3 nitrogen and oxygen atoms in total. The van der Waals surface area contributed by atoms with E-state index in [1.54, 1.807) is 19.2 Å². The molecule has 0 aliphatic carbocycles. The van der Waals surface area contributed by atoms with Gasteiger partial charge in [0.2, 0.25) is 0 Å². The minimum atomic E-state index is -4.17. The predicted molar refractivity (Wildman–Crippen MR) is 150 cm³/mol. The molecule has 0 aromatic heterocycles. The zero-order valence-corrected chi connectivity index (χ0v) is 20.9. The van der Waals surface area contributed by atoms with E-state index in [0.717, 1.165) is 21.2 Å². The van der Waals surface area contributed by atoms with Crippen LogP contribution < -0.4 is 26.0 Å². The zero-order valence-electron chi connectivity index (χ0n) is 20.0. The van der Waals surface area contributed by atoms with E-state index >= 15 is 0 Å². The molecular formula is C32H27O3P. The molecule has 0 bridgehead atoms. The fraction of sp³-hybridized carbons (Fsp3) is 0.0312. The Morgan fingerprint density at radius 2 is 0.917 bits per heavy atom. The van der Waals surface area contributed by atoms with Gasteiger partial charge in [0.25, 0.3) is 0 Å². The van der Waals surface area contributed by atoms with Crippen LogP contribution in [-0.2, 0) is 4.52 Å². The molecule has 0 aliphatic rings. The first kappa shape index (κ1) is 23.5. The summed E-state index contributed by atoms with van der Waals surface area (Å²) in [6, 6.07) is 47.3. The Labute approximate surface area is 212 Å². The van der Waals surface area contributed by atoms with Crippen LogP contribution in [-0.4, -0.2) is 13.1 Å². The second-order valence-electron chi connectivity index (χ2n) is 8.46. The summed E-state index contributed by atoms with van der Waals surface area (Å²) >= 11 is 0. The number of methoxy groups -OCH3 is 1. The van der Waals surface area contributed by atoms with Crippen molar-refractivity contribution >= 4 is 34.0 Å². The third kappa shape index (κ3) is 3.61. The minimum absolute atomic E-state index is 0.393. The van der Waals surface area contributed by atoms with Crippen molar-refractivity contribution in [1.82, 2.24) is 0 Å². The second-order valence-corrected chi connectivity index (χ2v) is 12.7. The summed E-state index contributed by atoms with van der Waals surface area (Å²) in [7, 11) is 1.66. The van der Waals surface area contributed by atoms with Gasteiger partial charge < -0.3 is 0 Å². The number of carbonyl (C=O) groups is 1. The number of hydrogen-bond donors (Lipinski definition) is 0. The summed E-state index contributed by atoms with van der Waals surface area (Å²) in [6.45, 7) is -4.17. The van der Waals surface area contributed by atoms with E-state index in [0.29, 0.717) is 11.3 Å². The van der Waals surface area contributed by atoms with Gasteiger partial charge in [-0.05, 0) is 0 Å². The molecule has 0 N–H and O–H groups in total. The standard InChI is InChI=1S/C32H27O3P/c1-34-30-24-14-15-25-31(30)36(27-18-8-3-9-19-27,28-20-10-4-11-21-28,29-22-12-5-13-23-29)35-32(33)26-16-6-2-7-17-26/h2-25H,1H3. The number of hydrogen-bond acceptors (Lipinski definition) is 3. The van der Waals surface area contributed by atoms with E-state index in [-0.39, 0.29) is 0 Å². The molecule has 5 aromatic carbocycles. The van der Waals surface area contributed by atoms with Crippen LogP contribution in [0.4, 0.5) is 0 Å². The Morgan fingerprint density at radius 3 is 1.36 bits per heavy atom. The van der Waals surface area contributed by atoms with Gasteiger partial charge in [0.15, 0.2) is 0 Å². The van der Waals surface area contributed by atoms with Gasteiger partial charge >= 0.3 is 212 Å². The maximum absolute atomic E-state index is 14.1. The van der Waals surface area contributed by atoms with E-state index in [4.69, 9.17) is 9.26 Å².